The van der Waals surface area contributed by atoms with Gasteiger partial charge >= 0.3 is 0 Å². The molecule has 0 fully saturated rings. The molecule has 0 saturated heterocycles. The molecule has 0 radical (unpaired) electrons. The topological polar surface area (TPSA) is 24.5 Å². The van der Waals surface area contributed by atoms with Crippen LogP contribution in [0.15, 0.2) is 54.6 Å². The number of rotatable bonds is 10. The van der Waals surface area contributed by atoms with E-state index < -0.39 is 0 Å². The minimum absolute atomic E-state index is 0.314. The fourth-order valence-electron chi connectivity index (χ4n) is 2.93. The van der Waals surface area contributed by atoms with Gasteiger partial charge in [0, 0.05) is 19.1 Å². The summed E-state index contributed by atoms with van der Waals surface area (Å²) in [5.41, 5.74) is 2.66. The molecule has 1 N–H and O–H groups in total. The molecule has 0 saturated carbocycles. The molecule has 24 heavy (non-hydrogen) atoms. The lowest BCUT2D eigenvalue weighted by atomic mass is 9.98. The Bertz CT molecular complexity index is 564. The number of methoxy groups -OCH3 is 1. The van der Waals surface area contributed by atoms with Gasteiger partial charge in [-0.25, -0.2) is 0 Å². The van der Waals surface area contributed by atoms with E-state index in [0.717, 1.165) is 38.3 Å². The van der Waals surface area contributed by atoms with Crippen molar-refractivity contribution in [3.05, 3.63) is 65.7 Å². The average Bonchev–Trinajstić information content (AvgIpc) is 2.65. The van der Waals surface area contributed by atoms with Crippen molar-refractivity contribution in [3.8, 4) is 5.75 Å². The first-order valence-electron chi connectivity index (χ1n) is 8.90. The van der Waals surface area contributed by atoms with Crippen molar-refractivity contribution in [2.45, 2.75) is 26.3 Å². The third-order valence-electron chi connectivity index (χ3n) is 4.51. The molecular weight excluding hydrogens is 296 g/mol. The van der Waals surface area contributed by atoms with Gasteiger partial charge < -0.3 is 15.0 Å². The summed E-state index contributed by atoms with van der Waals surface area (Å²) >= 11 is 0. The normalized spacial score (nSPS) is 12.3. The lowest BCUT2D eigenvalue weighted by molar-refractivity contribution is 0.296. The quantitative estimate of drug-likeness (QED) is 0.716. The Morgan fingerprint density at radius 3 is 2.21 bits per heavy atom. The van der Waals surface area contributed by atoms with Crippen LogP contribution in [0.25, 0.3) is 0 Å². The summed E-state index contributed by atoms with van der Waals surface area (Å²) in [5, 5.41) is 3.74. The number of hydrogen-bond acceptors (Lipinski definition) is 3. The Kier molecular flexibility index (Phi) is 7.80. The predicted octanol–water partition coefficient (Wildman–Crippen LogP) is 3.91. The van der Waals surface area contributed by atoms with Gasteiger partial charge in [0.2, 0.25) is 0 Å². The molecule has 2 aromatic carbocycles. The largest absolute Gasteiger partial charge is 0.497 e. The van der Waals surface area contributed by atoms with Crippen molar-refractivity contribution in [2.24, 2.45) is 0 Å². The molecule has 0 aromatic heterocycles. The highest BCUT2D eigenvalue weighted by Crippen LogP contribution is 2.21. The van der Waals surface area contributed by atoms with Crippen molar-refractivity contribution in [2.75, 3.05) is 33.3 Å². The van der Waals surface area contributed by atoms with Crippen LogP contribution < -0.4 is 10.1 Å². The average molecular weight is 326 g/mol. The molecule has 2 rings (SSSR count). The lowest BCUT2D eigenvalue weighted by Gasteiger charge is -2.23. The van der Waals surface area contributed by atoms with E-state index in [1.807, 2.05) is 12.1 Å². The summed E-state index contributed by atoms with van der Waals surface area (Å²) in [5.74, 6) is 0.903. The number of nitrogens with one attached hydrogen (secondary N) is 1. The summed E-state index contributed by atoms with van der Waals surface area (Å²) < 4.78 is 5.28. The Balaban J connectivity index is 2.05. The number of likely N-dealkylation sites (N-methyl/N-ethyl adjacent to an activating group) is 1. The first-order chi connectivity index (χ1) is 11.8. The maximum atomic E-state index is 5.28. The molecule has 0 amide bonds. The second-order valence-electron chi connectivity index (χ2n) is 6.00. The zero-order chi connectivity index (χ0) is 17.2. The van der Waals surface area contributed by atoms with Crippen molar-refractivity contribution in [3.63, 3.8) is 0 Å². The van der Waals surface area contributed by atoms with E-state index in [9.17, 15) is 0 Å². The first-order valence-corrected chi connectivity index (χ1v) is 8.90. The van der Waals surface area contributed by atoms with Crippen molar-refractivity contribution in [1.29, 1.82) is 0 Å². The van der Waals surface area contributed by atoms with E-state index in [1.165, 1.54) is 11.1 Å². The number of ether oxygens (including phenoxy) is 1. The van der Waals surface area contributed by atoms with Gasteiger partial charge in [0.1, 0.15) is 5.75 Å². The molecule has 0 bridgehead atoms. The smallest absolute Gasteiger partial charge is 0.118 e. The van der Waals surface area contributed by atoms with Crippen LogP contribution in [-0.4, -0.2) is 38.2 Å². The minimum atomic E-state index is 0.314. The molecule has 0 spiro atoms. The van der Waals surface area contributed by atoms with E-state index in [2.05, 4.69) is 66.5 Å². The first kappa shape index (κ1) is 18.5. The minimum Gasteiger partial charge on any atom is -0.497 e. The Morgan fingerprint density at radius 2 is 1.62 bits per heavy atom. The van der Waals surface area contributed by atoms with Gasteiger partial charge in [0.15, 0.2) is 0 Å². The number of nitrogens with zero attached hydrogens (tertiary/aromatic N) is 1. The molecule has 3 nitrogen and oxygen atoms in total. The molecule has 1 atom stereocenters. The van der Waals surface area contributed by atoms with E-state index in [0.29, 0.717) is 6.04 Å². The standard InChI is InChI=1S/C21H30N2O/c1-4-23(5-2)16-15-22-21(17-18-9-7-6-8-10-18)19-11-13-20(24-3)14-12-19/h6-14,21-22H,4-5,15-17H2,1-3H3/t21-/m1/s1. The van der Waals surface area contributed by atoms with Crippen molar-refractivity contribution < 1.29 is 4.74 Å². The van der Waals surface area contributed by atoms with E-state index in [4.69, 9.17) is 4.74 Å². The van der Waals surface area contributed by atoms with Crippen LogP contribution in [0.5, 0.6) is 5.75 Å². The van der Waals surface area contributed by atoms with E-state index in [1.54, 1.807) is 7.11 Å². The zero-order valence-electron chi connectivity index (χ0n) is 15.2. The molecule has 0 unspecified atom stereocenters. The number of benzene rings is 2. The van der Waals surface area contributed by atoms with Crippen LogP contribution >= 0.6 is 0 Å². The Morgan fingerprint density at radius 1 is 0.958 bits per heavy atom. The molecule has 0 heterocycles. The van der Waals surface area contributed by atoms with Crippen LogP contribution in [0.2, 0.25) is 0 Å². The molecule has 130 valence electrons. The maximum Gasteiger partial charge on any atom is 0.118 e. The van der Waals surface area contributed by atoms with Gasteiger partial charge in [-0.1, -0.05) is 56.3 Å². The summed E-state index contributed by atoms with van der Waals surface area (Å²) in [7, 11) is 1.71. The van der Waals surface area contributed by atoms with Gasteiger partial charge in [-0.2, -0.15) is 0 Å². The van der Waals surface area contributed by atoms with E-state index in [-0.39, 0.29) is 0 Å². The highest BCUT2D eigenvalue weighted by molar-refractivity contribution is 5.30. The molecule has 2 aromatic rings. The third kappa shape index (κ3) is 5.66. The van der Waals surface area contributed by atoms with Gasteiger partial charge in [-0.05, 0) is 42.8 Å². The summed E-state index contributed by atoms with van der Waals surface area (Å²) in [6.07, 6.45) is 0.991. The number of hydrogen-bond donors (Lipinski definition) is 1. The Hall–Kier alpha value is -1.84. The monoisotopic (exact) mass is 326 g/mol. The molecular formula is C21H30N2O. The fourth-order valence-corrected chi connectivity index (χ4v) is 2.93. The molecule has 3 heteroatoms. The predicted molar refractivity (Wildman–Crippen MR) is 102 cm³/mol. The molecule has 0 aliphatic rings. The summed E-state index contributed by atoms with van der Waals surface area (Å²) in [4.78, 5) is 2.45. The maximum absolute atomic E-state index is 5.28. The van der Waals surface area contributed by atoms with Gasteiger partial charge in [-0.15, -0.1) is 0 Å². The second kappa shape index (κ2) is 10.1. The summed E-state index contributed by atoms with van der Waals surface area (Å²) in [6, 6.07) is 19.4. The summed E-state index contributed by atoms with van der Waals surface area (Å²) in [6.45, 7) is 8.70. The van der Waals surface area contributed by atoms with Gasteiger partial charge in [-0.3, -0.25) is 0 Å². The molecule has 0 aliphatic heterocycles. The van der Waals surface area contributed by atoms with Crippen LogP contribution in [-0.2, 0) is 6.42 Å². The SMILES string of the molecule is CCN(CC)CCN[C@H](Cc1ccccc1)c1ccc(OC)cc1. The van der Waals surface area contributed by atoms with Gasteiger partial charge in [0.25, 0.3) is 0 Å². The highest BCUT2D eigenvalue weighted by atomic mass is 16.5. The highest BCUT2D eigenvalue weighted by Gasteiger charge is 2.12. The van der Waals surface area contributed by atoms with Gasteiger partial charge in [0.05, 0.1) is 7.11 Å². The van der Waals surface area contributed by atoms with Crippen LogP contribution in [0.1, 0.15) is 31.0 Å². The van der Waals surface area contributed by atoms with Crippen LogP contribution in [0, 0.1) is 0 Å². The van der Waals surface area contributed by atoms with Crippen LogP contribution in [0.4, 0.5) is 0 Å². The molecule has 0 aliphatic carbocycles. The fraction of sp³-hybridized carbons (Fsp3) is 0.429. The van der Waals surface area contributed by atoms with E-state index >= 15 is 0 Å². The second-order valence-corrected chi connectivity index (χ2v) is 6.00. The van der Waals surface area contributed by atoms with Crippen molar-refractivity contribution in [1.82, 2.24) is 10.2 Å². The van der Waals surface area contributed by atoms with Crippen molar-refractivity contribution >= 4 is 0 Å². The zero-order valence-corrected chi connectivity index (χ0v) is 15.2. The van der Waals surface area contributed by atoms with Crippen LogP contribution in [0.3, 0.4) is 0 Å². The third-order valence-corrected chi connectivity index (χ3v) is 4.51. The Labute approximate surface area is 146 Å². The lowest BCUT2D eigenvalue weighted by Crippen LogP contribution is -2.34.